The zero-order valence-electron chi connectivity index (χ0n) is 27.9. The Morgan fingerprint density at radius 3 is 2.50 bits per heavy atom. The molecule has 3 aromatic rings. The summed E-state index contributed by atoms with van der Waals surface area (Å²) in [5, 5.41) is 14.7. The number of nitrogens with one attached hydrogen (secondary N) is 1. The maximum atomic E-state index is 16.5. The minimum atomic E-state index is -0.839. The highest BCUT2D eigenvalue weighted by molar-refractivity contribution is 5.93. The Morgan fingerprint density at radius 2 is 1.79 bits per heavy atom. The van der Waals surface area contributed by atoms with Crippen LogP contribution in [-0.2, 0) is 11.2 Å². The second-order valence-corrected chi connectivity index (χ2v) is 13.7. The number of morpholine rings is 1. The van der Waals surface area contributed by atoms with Gasteiger partial charge < -0.3 is 24.8 Å². The van der Waals surface area contributed by atoms with Gasteiger partial charge in [0.25, 0.3) is 0 Å². The molecule has 2 N–H and O–H groups in total. The Labute approximate surface area is 279 Å². The van der Waals surface area contributed by atoms with Crippen molar-refractivity contribution in [3.8, 4) is 6.01 Å². The van der Waals surface area contributed by atoms with Gasteiger partial charge in [-0.25, -0.2) is 13.2 Å². The number of hydrogen-bond donors (Lipinski definition) is 2. The maximum Gasteiger partial charge on any atom is 0.319 e. The van der Waals surface area contributed by atoms with Crippen molar-refractivity contribution in [2.24, 2.45) is 0 Å². The van der Waals surface area contributed by atoms with Crippen LogP contribution in [0.5, 0.6) is 6.01 Å². The fourth-order valence-electron chi connectivity index (χ4n) is 8.11. The molecule has 4 bridgehead atoms. The summed E-state index contributed by atoms with van der Waals surface area (Å²) in [4.78, 5) is 13.8. The Kier molecular flexibility index (Phi) is 9.37. The van der Waals surface area contributed by atoms with Crippen LogP contribution < -0.4 is 15.0 Å². The lowest BCUT2D eigenvalue weighted by atomic mass is 9.98. The first-order chi connectivity index (χ1) is 23.2. The molecule has 11 heteroatoms. The van der Waals surface area contributed by atoms with Crippen LogP contribution in [-0.4, -0.2) is 83.6 Å². The van der Waals surface area contributed by atoms with E-state index in [-0.39, 0.29) is 51.7 Å². The molecule has 0 aliphatic carbocycles. The molecule has 4 saturated heterocycles. The monoisotopic (exact) mass is 663 g/mol. The average molecular weight is 664 g/mol. The second kappa shape index (κ2) is 13.7. The van der Waals surface area contributed by atoms with Gasteiger partial charge in [0.05, 0.1) is 25.4 Å². The van der Waals surface area contributed by atoms with E-state index in [0.717, 1.165) is 51.9 Å². The van der Waals surface area contributed by atoms with E-state index in [0.29, 0.717) is 60.7 Å². The summed E-state index contributed by atoms with van der Waals surface area (Å²) in [5.74, 6) is -1.66. The second-order valence-electron chi connectivity index (χ2n) is 13.7. The number of rotatable bonds is 10. The first-order valence-electron chi connectivity index (χ1n) is 17.2. The van der Waals surface area contributed by atoms with Gasteiger partial charge in [-0.05, 0) is 98.9 Å². The van der Waals surface area contributed by atoms with E-state index in [1.807, 2.05) is 6.92 Å². The summed E-state index contributed by atoms with van der Waals surface area (Å²) < 4.78 is 58.3. The van der Waals surface area contributed by atoms with Gasteiger partial charge in [-0.15, -0.1) is 0 Å². The molecule has 0 saturated carbocycles. The lowest BCUT2D eigenvalue weighted by Gasteiger charge is -2.34. The summed E-state index contributed by atoms with van der Waals surface area (Å²) in [5.41, 5.74) is 1.75. The largest absolute Gasteiger partial charge is 0.508 e. The molecule has 256 valence electrons. The van der Waals surface area contributed by atoms with Crippen LogP contribution in [0.3, 0.4) is 0 Å². The van der Waals surface area contributed by atoms with Crippen LogP contribution in [0.2, 0.25) is 0 Å². The average Bonchev–Trinajstić information content (AvgIpc) is 3.50. The summed E-state index contributed by atoms with van der Waals surface area (Å²) >= 11 is 0. The number of aliphatic hydroxyl groups is 1. The predicted octanol–water partition coefficient (Wildman–Crippen LogP) is 6.49. The van der Waals surface area contributed by atoms with Crippen LogP contribution in [0, 0.1) is 24.4 Å². The van der Waals surface area contributed by atoms with E-state index in [1.54, 1.807) is 19.9 Å². The Balaban J connectivity index is 1.19. The van der Waals surface area contributed by atoms with Crippen molar-refractivity contribution in [1.29, 1.82) is 0 Å². The van der Waals surface area contributed by atoms with E-state index in [2.05, 4.69) is 20.1 Å². The third-order valence-corrected chi connectivity index (χ3v) is 10.5. The minimum Gasteiger partial charge on any atom is -0.508 e. The van der Waals surface area contributed by atoms with E-state index in [1.165, 1.54) is 24.3 Å². The standard InChI is InChI=1S/C37H44F3N5O3/c1-4-29-22(3)23(6-11-31(29)38)15-28(46)14-21(2)33-32(39)16-30-35(34(33)40)42-37(43-36(30)44-17-24-7-8-25(18-44)41-24)48-13-5-12-45-26-9-10-27(45)20-47-19-26/h6,11,14-16,24-27,41,46H,4-5,7-10,12-13,17-20H2,1-3H3/b21-14+,28-15+. The first kappa shape index (κ1) is 32.9. The smallest absolute Gasteiger partial charge is 0.319 e. The molecule has 4 fully saturated rings. The molecule has 4 aliphatic heterocycles. The van der Waals surface area contributed by atoms with Crippen molar-refractivity contribution in [2.75, 3.05) is 44.4 Å². The Morgan fingerprint density at radius 1 is 1.06 bits per heavy atom. The van der Waals surface area contributed by atoms with Gasteiger partial charge >= 0.3 is 6.01 Å². The number of nitrogens with zero attached hydrogens (tertiary/aromatic N) is 4. The van der Waals surface area contributed by atoms with E-state index in [4.69, 9.17) is 14.5 Å². The molecule has 8 nitrogen and oxygen atoms in total. The van der Waals surface area contributed by atoms with Crippen LogP contribution in [0.1, 0.15) is 68.2 Å². The molecule has 7 rings (SSSR count). The molecule has 0 radical (unpaired) electrons. The third kappa shape index (κ3) is 6.40. The molecule has 2 aromatic carbocycles. The van der Waals surface area contributed by atoms with Gasteiger partial charge in [0.1, 0.15) is 28.7 Å². The van der Waals surface area contributed by atoms with Crippen LogP contribution in [0.4, 0.5) is 19.0 Å². The first-order valence-corrected chi connectivity index (χ1v) is 17.2. The molecule has 4 aliphatic rings. The van der Waals surface area contributed by atoms with E-state index in [9.17, 15) is 9.50 Å². The fourth-order valence-corrected chi connectivity index (χ4v) is 8.11. The van der Waals surface area contributed by atoms with Crippen molar-refractivity contribution < 1.29 is 27.8 Å². The molecule has 1 aromatic heterocycles. The van der Waals surface area contributed by atoms with Crippen molar-refractivity contribution in [3.05, 3.63) is 69.7 Å². The highest BCUT2D eigenvalue weighted by Gasteiger charge is 2.37. The van der Waals surface area contributed by atoms with Crippen molar-refractivity contribution in [2.45, 2.75) is 83.5 Å². The zero-order valence-corrected chi connectivity index (χ0v) is 27.9. The summed E-state index contributed by atoms with van der Waals surface area (Å²) in [7, 11) is 0. The lowest BCUT2D eigenvalue weighted by Crippen LogP contribution is -2.51. The fraction of sp³-hybridized carbons (Fsp3) is 0.514. The molecule has 48 heavy (non-hydrogen) atoms. The van der Waals surface area contributed by atoms with Crippen LogP contribution in [0.15, 0.2) is 30.0 Å². The van der Waals surface area contributed by atoms with Crippen molar-refractivity contribution >= 4 is 28.4 Å². The van der Waals surface area contributed by atoms with Crippen molar-refractivity contribution in [1.82, 2.24) is 20.2 Å². The Hall–Kier alpha value is -3.67. The highest BCUT2D eigenvalue weighted by atomic mass is 19.1. The van der Waals surface area contributed by atoms with Gasteiger partial charge in [-0.3, -0.25) is 4.90 Å². The predicted molar refractivity (Wildman–Crippen MR) is 181 cm³/mol. The zero-order chi connectivity index (χ0) is 33.5. The number of allylic oxidation sites excluding steroid dienone is 2. The van der Waals surface area contributed by atoms with Crippen molar-refractivity contribution in [3.63, 3.8) is 0 Å². The quantitative estimate of drug-likeness (QED) is 0.145. The number of aliphatic hydroxyl groups excluding tert-OH is 1. The summed E-state index contributed by atoms with van der Waals surface area (Å²) in [6, 6.07) is 5.77. The van der Waals surface area contributed by atoms with Gasteiger partial charge in [0.15, 0.2) is 5.82 Å². The Bertz CT molecular complexity index is 1740. The van der Waals surface area contributed by atoms with Crippen LogP contribution >= 0.6 is 0 Å². The molecule has 0 spiro atoms. The van der Waals surface area contributed by atoms with Gasteiger partial charge in [-0.1, -0.05) is 13.0 Å². The highest BCUT2D eigenvalue weighted by Crippen LogP contribution is 2.36. The number of aromatic nitrogens is 2. The molecule has 0 amide bonds. The van der Waals surface area contributed by atoms with Gasteiger partial charge in [-0.2, -0.15) is 9.97 Å². The molecule has 4 unspecified atom stereocenters. The topological polar surface area (TPSA) is 83.0 Å². The van der Waals surface area contributed by atoms with E-state index >= 15 is 8.78 Å². The number of halogens is 3. The number of fused-ring (bicyclic) bond motifs is 5. The van der Waals surface area contributed by atoms with E-state index < -0.39 is 11.6 Å². The number of benzene rings is 2. The minimum absolute atomic E-state index is 0.0262. The SMILES string of the molecule is CCc1c(F)ccc(/C=C(O)\C=C(/C)c2c(F)cc3c(N4CC5CCC(C4)N5)nc(OCCCN4C5CCC4COC5)nc3c2F)c1C. The summed E-state index contributed by atoms with van der Waals surface area (Å²) in [6.45, 7) is 9.32. The number of anilines is 1. The summed E-state index contributed by atoms with van der Waals surface area (Å²) in [6.07, 6.45) is 8.45. The third-order valence-electron chi connectivity index (χ3n) is 10.5. The maximum absolute atomic E-state index is 16.5. The molecular weight excluding hydrogens is 619 g/mol. The number of hydrogen-bond acceptors (Lipinski definition) is 8. The van der Waals surface area contributed by atoms with Gasteiger partial charge in [0, 0.05) is 49.2 Å². The molecule has 4 atom stereocenters. The normalized spacial score (nSPS) is 24.6. The lowest BCUT2D eigenvalue weighted by molar-refractivity contribution is -0.0161. The molecule has 5 heterocycles. The number of piperazine rings is 1. The van der Waals surface area contributed by atoms with Crippen LogP contribution in [0.25, 0.3) is 22.6 Å². The van der Waals surface area contributed by atoms with Gasteiger partial charge in [0.2, 0.25) is 0 Å². The number of ether oxygens (including phenoxy) is 2. The molecular formula is C37H44F3N5O3.